The maximum atomic E-state index is 10.6. The minimum absolute atomic E-state index is 0.00265. The lowest BCUT2D eigenvalue weighted by Gasteiger charge is -2.18. The standard InChI is InChI=1S/C15H17O4PS/c16-21(17,18)19-12-7-13-20(14-8-3-1-4-9-14)15-10-5-2-6-11-15/h1-6,8-11H,7,12-13H2,(H,16,17,18). The van der Waals surface area contributed by atoms with Gasteiger partial charge in [0, 0.05) is 0 Å². The van der Waals surface area contributed by atoms with E-state index in [1.165, 1.54) is 10.6 Å². The smallest absolute Gasteiger partial charge is 0.264 e. The highest BCUT2D eigenvalue weighted by molar-refractivity contribution is 7.80. The predicted molar refractivity (Wildman–Crippen MR) is 86.1 cm³/mol. The zero-order valence-corrected chi connectivity index (χ0v) is 13.1. The van der Waals surface area contributed by atoms with Gasteiger partial charge in [-0.15, -0.1) is 0 Å². The second-order valence-electron chi connectivity index (χ2n) is 4.43. The molecule has 6 heteroatoms. The highest BCUT2D eigenvalue weighted by Gasteiger charge is 2.13. The molecular formula is C15H17O4PS. The van der Waals surface area contributed by atoms with E-state index in [9.17, 15) is 8.42 Å². The lowest BCUT2D eigenvalue weighted by atomic mass is 10.4. The summed E-state index contributed by atoms with van der Waals surface area (Å²) in [5.74, 6) is 0. The SMILES string of the molecule is O=S(=O)(O)OCCCP(c1ccccc1)c1ccccc1. The van der Waals surface area contributed by atoms with Gasteiger partial charge < -0.3 is 0 Å². The molecule has 2 aromatic carbocycles. The summed E-state index contributed by atoms with van der Waals surface area (Å²) in [7, 11) is -4.90. The molecule has 0 aromatic heterocycles. The van der Waals surface area contributed by atoms with Gasteiger partial charge in [0.15, 0.2) is 0 Å². The van der Waals surface area contributed by atoms with Crippen molar-refractivity contribution < 1.29 is 17.2 Å². The van der Waals surface area contributed by atoms with E-state index in [0.29, 0.717) is 6.42 Å². The van der Waals surface area contributed by atoms with Crippen molar-refractivity contribution in [3.05, 3.63) is 60.7 Å². The summed E-state index contributed by atoms with van der Waals surface area (Å²) in [5, 5.41) is 2.48. The molecule has 2 rings (SSSR count). The van der Waals surface area contributed by atoms with Gasteiger partial charge in [-0.05, 0) is 31.1 Å². The van der Waals surface area contributed by atoms with Crippen LogP contribution in [0, 0.1) is 0 Å². The summed E-state index contributed by atoms with van der Waals surface area (Å²) in [6, 6.07) is 20.3. The van der Waals surface area contributed by atoms with Crippen LogP contribution in [0.15, 0.2) is 60.7 Å². The average Bonchev–Trinajstić information content (AvgIpc) is 2.48. The Balaban J connectivity index is 2.07. The van der Waals surface area contributed by atoms with E-state index in [2.05, 4.69) is 28.4 Å². The molecule has 0 atom stereocenters. The van der Waals surface area contributed by atoms with Crippen molar-refractivity contribution in [3.8, 4) is 0 Å². The van der Waals surface area contributed by atoms with Crippen LogP contribution in [0.25, 0.3) is 0 Å². The Kier molecular flexibility index (Phi) is 5.88. The fourth-order valence-corrected chi connectivity index (χ4v) is 4.66. The minimum atomic E-state index is -4.34. The molecule has 21 heavy (non-hydrogen) atoms. The molecular weight excluding hydrogens is 307 g/mol. The van der Waals surface area contributed by atoms with Crippen LogP contribution < -0.4 is 10.6 Å². The van der Waals surface area contributed by atoms with Crippen molar-refractivity contribution in [1.29, 1.82) is 0 Å². The van der Waals surface area contributed by atoms with Crippen LogP contribution >= 0.6 is 7.92 Å². The monoisotopic (exact) mass is 324 g/mol. The van der Waals surface area contributed by atoms with Crippen LogP contribution in [0.1, 0.15) is 6.42 Å². The van der Waals surface area contributed by atoms with Crippen molar-refractivity contribution in [1.82, 2.24) is 0 Å². The quantitative estimate of drug-likeness (QED) is 0.482. The van der Waals surface area contributed by atoms with E-state index in [1.54, 1.807) is 0 Å². The Morgan fingerprint density at radius 2 is 1.38 bits per heavy atom. The Hall–Kier alpha value is -1.26. The van der Waals surface area contributed by atoms with Crippen LogP contribution in [-0.4, -0.2) is 25.7 Å². The molecule has 0 aliphatic carbocycles. The van der Waals surface area contributed by atoms with E-state index in [1.807, 2.05) is 36.4 Å². The largest absolute Gasteiger partial charge is 0.397 e. The molecule has 0 saturated heterocycles. The van der Waals surface area contributed by atoms with E-state index in [4.69, 9.17) is 4.55 Å². The topological polar surface area (TPSA) is 63.6 Å². The van der Waals surface area contributed by atoms with Crippen molar-refractivity contribution in [2.45, 2.75) is 6.42 Å². The molecule has 0 radical (unpaired) electrons. The second kappa shape index (κ2) is 7.66. The fourth-order valence-electron chi connectivity index (χ4n) is 2.01. The zero-order chi connectivity index (χ0) is 15.1. The van der Waals surface area contributed by atoms with E-state index in [0.717, 1.165) is 6.16 Å². The summed E-state index contributed by atoms with van der Waals surface area (Å²) in [6.07, 6.45) is 1.37. The Labute approximate surface area is 126 Å². The first kappa shape index (κ1) is 16.1. The summed E-state index contributed by atoms with van der Waals surface area (Å²) in [4.78, 5) is 0. The maximum absolute atomic E-state index is 10.6. The lowest BCUT2D eigenvalue weighted by molar-refractivity contribution is 0.269. The third-order valence-electron chi connectivity index (χ3n) is 2.89. The van der Waals surface area contributed by atoms with Crippen LogP contribution in [0.5, 0.6) is 0 Å². The van der Waals surface area contributed by atoms with E-state index < -0.39 is 18.3 Å². The van der Waals surface area contributed by atoms with Crippen molar-refractivity contribution >= 4 is 28.9 Å². The second-order valence-corrected chi connectivity index (χ2v) is 7.85. The highest BCUT2D eigenvalue weighted by atomic mass is 32.3. The molecule has 4 nitrogen and oxygen atoms in total. The molecule has 0 fully saturated rings. The third kappa shape index (κ3) is 5.56. The van der Waals surface area contributed by atoms with Gasteiger partial charge in [-0.1, -0.05) is 60.7 Å². The average molecular weight is 324 g/mol. The molecule has 0 aliphatic heterocycles. The van der Waals surface area contributed by atoms with Crippen molar-refractivity contribution in [2.24, 2.45) is 0 Å². The maximum Gasteiger partial charge on any atom is 0.397 e. The Bertz CT molecular complexity index is 604. The molecule has 1 N–H and O–H groups in total. The van der Waals surface area contributed by atoms with Crippen LogP contribution in [0.4, 0.5) is 0 Å². The van der Waals surface area contributed by atoms with Crippen LogP contribution in [-0.2, 0) is 14.6 Å². The van der Waals surface area contributed by atoms with Gasteiger partial charge in [-0.25, -0.2) is 4.18 Å². The van der Waals surface area contributed by atoms with Crippen molar-refractivity contribution in [3.63, 3.8) is 0 Å². The first-order valence-electron chi connectivity index (χ1n) is 6.56. The molecule has 0 heterocycles. The van der Waals surface area contributed by atoms with Crippen LogP contribution in [0.3, 0.4) is 0 Å². The molecule has 112 valence electrons. The summed E-state index contributed by atoms with van der Waals surface area (Å²) >= 11 is 0. The van der Waals surface area contributed by atoms with Gasteiger partial charge in [0.05, 0.1) is 6.61 Å². The third-order valence-corrected chi connectivity index (χ3v) is 5.97. The number of hydrogen-bond donors (Lipinski definition) is 1. The molecule has 0 unspecified atom stereocenters. The number of benzene rings is 2. The molecule has 0 aliphatic rings. The van der Waals surface area contributed by atoms with E-state index in [-0.39, 0.29) is 6.61 Å². The van der Waals surface area contributed by atoms with Gasteiger partial charge in [0.2, 0.25) is 0 Å². The molecule has 0 bridgehead atoms. The van der Waals surface area contributed by atoms with Crippen molar-refractivity contribution in [2.75, 3.05) is 12.8 Å². The van der Waals surface area contributed by atoms with Gasteiger partial charge >= 0.3 is 10.4 Å². The lowest BCUT2D eigenvalue weighted by Crippen LogP contribution is -2.15. The van der Waals surface area contributed by atoms with E-state index >= 15 is 0 Å². The summed E-state index contributed by atoms with van der Waals surface area (Å²) < 4.78 is 34.1. The first-order chi connectivity index (χ1) is 10.1. The molecule has 0 saturated carbocycles. The molecule has 2 aromatic rings. The molecule has 0 spiro atoms. The van der Waals surface area contributed by atoms with Gasteiger partial charge in [0.1, 0.15) is 0 Å². The predicted octanol–water partition coefficient (Wildman–Crippen LogP) is 2.33. The Morgan fingerprint density at radius 3 is 1.81 bits per heavy atom. The summed E-state index contributed by atoms with van der Waals surface area (Å²) in [5.41, 5.74) is 0. The molecule has 0 amide bonds. The first-order valence-corrected chi connectivity index (χ1v) is 9.45. The minimum Gasteiger partial charge on any atom is -0.264 e. The van der Waals surface area contributed by atoms with Gasteiger partial charge in [-0.3, -0.25) is 4.55 Å². The van der Waals surface area contributed by atoms with Crippen LogP contribution in [0.2, 0.25) is 0 Å². The van der Waals surface area contributed by atoms with Gasteiger partial charge in [0.25, 0.3) is 0 Å². The highest BCUT2D eigenvalue weighted by Crippen LogP contribution is 2.34. The fraction of sp³-hybridized carbons (Fsp3) is 0.200. The number of hydrogen-bond acceptors (Lipinski definition) is 3. The normalized spacial score (nSPS) is 11.7. The van der Waals surface area contributed by atoms with Gasteiger partial charge in [-0.2, -0.15) is 8.42 Å². The Morgan fingerprint density at radius 1 is 0.905 bits per heavy atom. The summed E-state index contributed by atoms with van der Waals surface area (Å²) in [6.45, 7) is -0.00265. The number of rotatable bonds is 7. The zero-order valence-electron chi connectivity index (χ0n) is 11.4.